The van der Waals surface area contributed by atoms with Gasteiger partial charge >= 0.3 is 0 Å². The Morgan fingerprint density at radius 2 is 2.09 bits per heavy atom. The maximum absolute atomic E-state index is 12.5. The minimum absolute atomic E-state index is 0.0521. The summed E-state index contributed by atoms with van der Waals surface area (Å²) >= 11 is 0. The van der Waals surface area contributed by atoms with Gasteiger partial charge in [0.15, 0.2) is 6.29 Å². The normalized spacial score (nSPS) is 18.0. The van der Waals surface area contributed by atoms with Crippen LogP contribution in [-0.2, 0) is 20.8 Å². The second kappa shape index (κ2) is 8.89. The third-order valence-electron chi connectivity index (χ3n) is 5.44. The number of hydroxylamine groups is 1. The van der Waals surface area contributed by atoms with Crippen molar-refractivity contribution in [3.63, 3.8) is 0 Å². The number of benzene rings is 1. The summed E-state index contributed by atoms with van der Waals surface area (Å²) in [5, 5.41) is 3.52. The lowest BCUT2D eigenvalue weighted by Crippen LogP contribution is -2.33. The van der Waals surface area contributed by atoms with E-state index in [0.29, 0.717) is 42.3 Å². The summed E-state index contributed by atoms with van der Waals surface area (Å²) in [7, 11) is 0. The van der Waals surface area contributed by atoms with E-state index in [-0.39, 0.29) is 11.8 Å². The molecule has 1 unspecified atom stereocenters. The molecule has 2 aromatic heterocycles. The van der Waals surface area contributed by atoms with Gasteiger partial charge in [-0.25, -0.2) is 15.3 Å². The van der Waals surface area contributed by atoms with Crippen LogP contribution in [0.2, 0.25) is 0 Å². The molecule has 1 aromatic carbocycles. The van der Waals surface area contributed by atoms with E-state index in [0.717, 1.165) is 35.7 Å². The highest BCUT2D eigenvalue weighted by atomic mass is 16.8. The third-order valence-corrected chi connectivity index (χ3v) is 5.44. The largest absolute Gasteiger partial charge is 0.457 e. The van der Waals surface area contributed by atoms with E-state index in [4.69, 9.17) is 14.3 Å². The number of carbonyl (C=O) groups is 2. The molecule has 1 atom stereocenters. The van der Waals surface area contributed by atoms with Crippen molar-refractivity contribution in [1.29, 1.82) is 0 Å². The molecule has 9 heteroatoms. The van der Waals surface area contributed by atoms with Gasteiger partial charge in [0, 0.05) is 42.8 Å². The Bertz CT molecular complexity index is 1180. The molecule has 2 aliphatic heterocycles. The Hall–Kier alpha value is -3.56. The van der Waals surface area contributed by atoms with Crippen molar-refractivity contribution in [3.8, 4) is 11.5 Å². The quantitative estimate of drug-likeness (QED) is 0.591. The van der Waals surface area contributed by atoms with Gasteiger partial charge in [0.05, 0.1) is 11.1 Å². The van der Waals surface area contributed by atoms with Crippen LogP contribution in [0.3, 0.4) is 0 Å². The predicted molar refractivity (Wildman–Crippen MR) is 115 cm³/mol. The lowest BCUT2D eigenvalue weighted by Gasteiger charge is -2.22. The summed E-state index contributed by atoms with van der Waals surface area (Å²) in [5.74, 6) is 1.32. The van der Waals surface area contributed by atoms with Gasteiger partial charge in [-0.15, -0.1) is 0 Å². The molecule has 3 aromatic rings. The Labute approximate surface area is 184 Å². The Morgan fingerprint density at radius 1 is 1.16 bits per heavy atom. The summed E-state index contributed by atoms with van der Waals surface area (Å²) in [4.78, 5) is 38.1. The zero-order valence-electron chi connectivity index (χ0n) is 17.3. The molecule has 0 aliphatic carbocycles. The van der Waals surface area contributed by atoms with Crippen LogP contribution in [0.5, 0.6) is 11.5 Å². The highest BCUT2D eigenvalue weighted by Crippen LogP contribution is 2.33. The number of aromatic nitrogens is 2. The standard InChI is InChI=1S/C23H22N4O5/c28-20-7-5-17-19(8-9-24-22(17)26-20)31-16-4-6-18-14(12-16)11-15(13-25-18)23(29)27-32-21-3-1-2-10-30-21/h4,6,8-9,11-13,21H,1-3,5,7,10H2,(H,27,29)(H,24,26,28). The summed E-state index contributed by atoms with van der Waals surface area (Å²) < 4.78 is 11.5. The lowest BCUT2D eigenvalue weighted by molar-refractivity contribution is -0.186. The number of rotatable bonds is 5. The Balaban J connectivity index is 1.33. The Kier molecular flexibility index (Phi) is 5.66. The van der Waals surface area contributed by atoms with Crippen LogP contribution in [-0.4, -0.2) is 34.7 Å². The highest BCUT2D eigenvalue weighted by molar-refractivity contribution is 5.97. The van der Waals surface area contributed by atoms with Crippen molar-refractivity contribution < 1.29 is 23.9 Å². The zero-order chi connectivity index (χ0) is 21.9. The number of fused-ring (bicyclic) bond motifs is 2. The van der Waals surface area contributed by atoms with Crippen LogP contribution < -0.4 is 15.5 Å². The van der Waals surface area contributed by atoms with Crippen LogP contribution >= 0.6 is 0 Å². The fraction of sp³-hybridized carbons (Fsp3) is 0.304. The monoisotopic (exact) mass is 434 g/mol. The number of amides is 2. The van der Waals surface area contributed by atoms with E-state index >= 15 is 0 Å². The number of carbonyl (C=O) groups excluding carboxylic acids is 2. The maximum Gasteiger partial charge on any atom is 0.276 e. The van der Waals surface area contributed by atoms with Crippen LogP contribution in [0, 0.1) is 0 Å². The zero-order valence-corrected chi connectivity index (χ0v) is 17.3. The van der Waals surface area contributed by atoms with E-state index < -0.39 is 6.29 Å². The molecule has 0 saturated carbocycles. The number of nitrogens with one attached hydrogen (secondary N) is 2. The Morgan fingerprint density at radius 3 is 2.97 bits per heavy atom. The molecular weight excluding hydrogens is 412 g/mol. The van der Waals surface area contributed by atoms with Gasteiger partial charge < -0.3 is 14.8 Å². The van der Waals surface area contributed by atoms with Crippen molar-refractivity contribution in [3.05, 3.63) is 53.9 Å². The lowest BCUT2D eigenvalue weighted by atomic mass is 10.1. The fourth-order valence-corrected chi connectivity index (χ4v) is 3.76. The molecule has 9 nitrogen and oxygen atoms in total. The van der Waals surface area contributed by atoms with Crippen molar-refractivity contribution in [2.45, 2.75) is 38.4 Å². The minimum atomic E-state index is -0.419. The second-order valence-corrected chi connectivity index (χ2v) is 7.71. The smallest absolute Gasteiger partial charge is 0.276 e. The highest BCUT2D eigenvalue weighted by Gasteiger charge is 2.20. The molecular formula is C23H22N4O5. The molecule has 0 spiro atoms. The van der Waals surface area contributed by atoms with Crippen LogP contribution in [0.15, 0.2) is 42.7 Å². The van der Waals surface area contributed by atoms with Gasteiger partial charge in [0.2, 0.25) is 5.91 Å². The molecule has 1 saturated heterocycles. The van der Waals surface area contributed by atoms with Gasteiger partial charge in [-0.1, -0.05) is 0 Å². The number of pyridine rings is 2. The topological polar surface area (TPSA) is 112 Å². The molecule has 5 rings (SSSR count). The van der Waals surface area contributed by atoms with Gasteiger partial charge in [0.1, 0.15) is 17.3 Å². The number of hydrogen-bond acceptors (Lipinski definition) is 7. The number of nitrogens with zero attached hydrogens (tertiary/aromatic N) is 2. The number of ether oxygens (including phenoxy) is 2. The minimum Gasteiger partial charge on any atom is -0.457 e. The van der Waals surface area contributed by atoms with Gasteiger partial charge in [-0.2, -0.15) is 0 Å². The van der Waals surface area contributed by atoms with Gasteiger partial charge in [0.25, 0.3) is 5.91 Å². The van der Waals surface area contributed by atoms with E-state index in [1.54, 1.807) is 18.3 Å². The van der Waals surface area contributed by atoms with E-state index in [1.807, 2.05) is 18.2 Å². The molecule has 32 heavy (non-hydrogen) atoms. The first-order valence-electron chi connectivity index (χ1n) is 10.6. The first-order chi connectivity index (χ1) is 15.7. The average Bonchev–Trinajstić information content (AvgIpc) is 2.82. The van der Waals surface area contributed by atoms with E-state index in [2.05, 4.69) is 20.8 Å². The van der Waals surface area contributed by atoms with Crippen molar-refractivity contribution >= 4 is 28.5 Å². The number of anilines is 1. The van der Waals surface area contributed by atoms with E-state index in [1.165, 1.54) is 6.20 Å². The molecule has 2 amide bonds. The van der Waals surface area contributed by atoms with Crippen molar-refractivity contribution in [1.82, 2.24) is 15.4 Å². The first-order valence-corrected chi connectivity index (χ1v) is 10.6. The molecule has 4 heterocycles. The summed E-state index contributed by atoms with van der Waals surface area (Å²) in [6.07, 6.45) is 6.40. The predicted octanol–water partition coefficient (Wildman–Crippen LogP) is 3.49. The van der Waals surface area contributed by atoms with Crippen molar-refractivity contribution in [2.24, 2.45) is 0 Å². The molecule has 1 fully saturated rings. The second-order valence-electron chi connectivity index (χ2n) is 7.71. The molecule has 164 valence electrons. The maximum atomic E-state index is 12.5. The first kappa shape index (κ1) is 20.3. The summed E-state index contributed by atoms with van der Waals surface area (Å²) in [6, 6.07) is 8.96. The summed E-state index contributed by atoms with van der Waals surface area (Å²) in [5.41, 5.74) is 4.41. The average molecular weight is 434 g/mol. The number of hydrogen-bond donors (Lipinski definition) is 2. The van der Waals surface area contributed by atoms with Crippen LogP contribution in [0.25, 0.3) is 10.9 Å². The van der Waals surface area contributed by atoms with Gasteiger partial charge in [-0.05, 0) is 49.6 Å². The van der Waals surface area contributed by atoms with Crippen LogP contribution in [0.4, 0.5) is 5.82 Å². The SMILES string of the molecule is O=C1CCc2c(Oc3ccc4ncc(C(=O)NOC5CCCCO5)cc4c3)ccnc2N1. The van der Waals surface area contributed by atoms with E-state index in [9.17, 15) is 9.59 Å². The van der Waals surface area contributed by atoms with Crippen molar-refractivity contribution in [2.75, 3.05) is 11.9 Å². The van der Waals surface area contributed by atoms with Gasteiger partial charge in [-0.3, -0.25) is 14.6 Å². The third kappa shape index (κ3) is 4.39. The molecule has 2 aliphatic rings. The molecule has 0 bridgehead atoms. The molecule has 0 radical (unpaired) electrons. The molecule has 2 N–H and O–H groups in total. The summed E-state index contributed by atoms with van der Waals surface area (Å²) in [6.45, 7) is 0.633. The van der Waals surface area contributed by atoms with Crippen LogP contribution in [0.1, 0.15) is 41.6 Å². The fourth-order valence-electron chi connectivity index (χ4n) is 3.76.